The van der Waals surface area contributed by atoms with Crippen LogP contribution in [0.15, 0.2) is 84.9 Å². The lowest BCUT2D eigenvalue weighted by atomic mass is 10.0. The smallest absolute Gasteiger partial charge is 0.416 e. The Morgan fingerprint density at radius 1 is 0.538 bits per heavy atom. The average Bonchev–Trinajstić information content (AvgIpc) is 2.88. The zero-order valence-corrected chi connectivity index (χ0v) is 19.3. The Balaban J connectivity index is 1.83. The molecule has 4 aromatic carbocycles. The van der Waals surface area contributed by atoms with Crippen LogP contribution >= 0.6 is 0 Å². The molecular weight excluding hydrogens is 534 g/mol. The van der Waals surface area contributed by atoms with E-state index >= 15 is 0 Å². The Morgan fingerprint density at radius 3 is 1.15 bits per heavy atom. The molecule has 4 rings (SSSR count). The quantitative estimate of drug-likeness (QED) is 0.136. The molecule has 0 amide bonds. The molecule has 0 saturated heterocycles. The zero-order valence-electron chi connectivity index (χ0n) is 19.3. The first kappa shape index (κ1) is 27.1. The Labute approximate surface area is 215 Å². The normalized spacial score (nSPS) is 11.7. The van der Waals surface area contributed by atoms with Gasteiger partial charge in [0.2, 0.25) is 0 Å². The molecule has 0 heterocycles. The number of nitro benzene ring substituents is 2. The number of rotatable bonds is 6. The first-order chi connectivity index (χ1) is 18.2. The lowest BCUT2D eigenvalue weighted by Crippen LogP contribution is -2.04. The largest absolute Gasteiger partial charge is 0.456 e. The van der Waals surface area contributed by atoms with E-state index in [0.717, 1.165) is 72.8 Å². The lowest BCUT2D eigenvalue weighted by molar-refractivity contribution is -0.385. The van der Waals surface area contributed by atoms with Crippen molar-refractivity contribution in [2.45, 2.75) is 12.4 Å². The van der Waals surface area contributed by atoms with E-state index < -0.39 is 33.3 Å². The van der Waals surface area contributed by atoms with Gasteiger partial charge in [0.25, 0.3) is 11.4 Å². The minimum atomic E-state index is -4.62. The van der Waals surface area contributed by atoms with Crippen LogP contribution in [-0.2, 0) is 12.4 Å². The molecule has 0 radical (unpaired) electrons. The van der Waals surface area contributed by atoms with Crippen LogP contribution in [0.25, 0.3) is 22.3 Å². The molecule has 0 N–H and O–H groups in total. The summed E-state index contributed by atoms with van der Waals surface area (Å²) in [5, 5.41) is 22.7. The van der Waals surface area contributed by atoms with E-state index in [-0.39, 0.29) is 45.1 Å². The van der Waals surface area contributed by atoms with E-state index in [0.29, 0.717) is 0 Å². The average molecular weight is 548 g/mol. The molecule has 7 nitrogen and oxygen atoms in total. The van der Waals surface area contributed by atoms with E-state index in [9.17, 15) is 46.6 Å². The highest BCUT2D eigenvalue weighted by atomic mass is 19.4. The molecule has 0 aromatic heterocycles. The van der Waals surface area contributed by atoms with Gasteiger partial charge in [-0.15, -0.1) is 0 Å². The molecule has 0 aliphatic heterocycles. The number of hydrogen-bond donors (Lipinski definition) is 0. The molecule has 39 heavy (non-hydrogen) atoms. The number of hydrogen-bond acceptors (Lipinski definition) is 5. The second-order valence-electron chi connectivity index (χ2n) is 8.13. The van der Waals surface area contributed by atoms with Crippen molar-refractivity contribution in [3.8, 4) is 33.8 Å². The highest BCUT2D eigenvalue weighted by molar-refractivity contribution is 5.77. The van der Waals surface area contributed by atoms with Crippen molar-refractivity contribution < 1.29 is 40.9 Å². The summed E-state index contributed by atoms with van der Waals surface area (Å²) >= 11 is 0. The molecule has 13 heteroatoms. The van der Waals surface area contributed by atoms with E-state index in [4.69, 9.17) is 4.74 Å². The van der Waals surface area contributed by atoms with Gasteiger partial charge in [-0.05, 0) is 47.5 Å². The molecule has 0 atom stereocenters. The van der Waals surface area contributed by atoms with Crippen molar-refractivity contribution in [2.24, 2.45) is 0 Å². The molecule has 0 spiro atoms. The third-order valence-electron chi connectivity index (χ3n) is 5.61. The number of nitrogens with zero attached hydrogens (tertiary/aromatic N) is 2. The number of ether oxygens (including phenoxy) is 1. The predicted octanol–water partition coefficient (Wildman–Crippen LogP) is 8.67. The van der Waals surface area contributed by atoms with E-state index in [1.54, 1.807) is 0 Å². The Bertz CT molecular complexity index is 1430. The number of nitro groups is 2. The van der Waals surface area contributed by atoms with Gasteiger partial charge < -0.3 is 4.74 Å². The van der Waals surface area contributed by atoms with Gasteiger partial charge in [0.05, 0.1) is 21.0 Å². The highest BCUT2D eigenvalue weighted by Gasteiger charge is 2.31. The number of non-ortho nitro benzene ring substituents is 2. The third kappa shape index (κ3) is 5.98. The SMILES string of the molecule is O=[N+]([O-])c1ccc(Oc2ccc([N+](=O)[O-])cc2-c2ccc(C(F)(F)F)cc2)c(-c2ccc(C(F)(F)F)cc2)c1. The maximum Gasteiger partial charge on any atom is 0.416 e. The van der Waals surface area contributed by atoms with Crippen LogP contribution in [0.5, 0.6) is 11.5 Å². The number of alkyl halides is 6. The molecule has 0 aliphatic rings. The van der Waals surface area contributed by atoms with Gasteiger partial charge in [-0.1, -0.05) is 24.3 Å². The van der Waals surface area contributed by atoms with Crippen LogP contribution in [0.1, 0.15) is 11.1 Å². The minimum Gasteiger partial charge on any atom is -0.456 e. The van der Waals surface area contributed by atoms with Crippen molar-refractivity contribution in [1.82, 2.24) is 0 Å². The predicted molar refractivity (Wildman–Crippen MR) is 127 cm³/mol. The van der Waals surface area contributed by atoms with Crippen molar-refractivity contribution in [3.05, 3.63) is 116 Å². The van der Waals surface area contributed by atoms with Crippen molar-refractivity contribution in [1.29, 1.82) is 0 Å². The molecule has 0 unspecified atom stereocenters. The zero-order chi connectivity index (χ0) is 28.5. The lowest BCUT2D eigenvalue weighted by Gasteiger charge is -2.16. The van der Waals surface area contributed by atoms with Crippen LogP contribution in [0.3, 0.4) is 0 Å². The first-order valence-electron chi connectivity index (χ1n) is 10.8. The second kappa shape index (κ2) is 10.1. The van der Waals surface area contributed by atoms with Crippen LogP contribution in [-0.4, -0.2) is 9.85 Å². The summed E-state index contributed by atoms with van der Waals surface area (Å²) in [6.07, 6.45) is -9.23. The summed E-state index contributed by atoms with van der Waals surface area (Å²) in [6.45, 7) is 0. The van der Waals surface area contributed by atoms with E-state index in [1.165, 1.54) is 12.1 Å². The summed E-state index contributed by atoms with van der Waals surface area (Å²) in [5.74, 6) is -0.107. The monoisotopic (exact) mass is 548 g/mol. The van der Waals surface area contributed by atoms with Gasteiger partial charge in [-0.2, -0.15) is 26.3 Å². The molecule has 0 aliphatic carbocycles. The maximum absolute atomic E-state index is 13.0. The van der Waals surface area contributed by atoms with Crippen molar-refractivity contribution in [2.75, 3.05) is 0 Å². The van der Waals surface area contributed by atoms with Crippen LogP contribution in [0, 0.1) is 20.2 Å². The summed E-state index contributed by atoms with van der Waals surface area (Å²) < 4.78 is 84.0. The van der Waals surface area contributed by atoms with E-state index in [1.807, 2.05) is 0 Å². The molecule has 4 aromatic rings. The minimum absolute atomic E-state index is 0.0367. The van der Waals surface area contributed by atoms with Gasteiger partial charge in [-0.3, -0.25) is 20.2 Å². The molecule has 0 fully saturated rings. The van der Waals surface area contributed by atoms with Gasteiger partial charge in [0.1, 0.15) is 11.5 Å². The van der Waals surface area contributed by atoms with Crippen LogP contribution < -0.4 is 4.74 Å². The summed E-state index contributed by atoms with van der Waals surface area (Å²) in [6, 6.07) is 14.3. The second-order valence-corrected chi connectivity index (χ2v) is 8.13. The molecule has 0 bridgehead atoms. The fraction of sp³-hybridized carbons (Fsp3) is 0.0769. The van der Waals surface area contributed by atoms with Gasteiger partial charge in [-0.25, -0.2) is 0 Å². The highest BCUT2D eigenvalue weighted by Crippen LogP contribution is 2.42. The summed E-state index contributed by atoms with van der Waals surface area (Å²) in [7, 11) is 0. The number of benzene rings is 4. The fourth-order valence-electron chi connectivity index (χ4n) is 3.69. The van der Waals surface area contributed by atoms with Crippen LogP contribution in [0.2, 0.25) is 0 Å². The Hall–Kier alpha value is -4.94. The number of halogens is 6. The summed E-state index contributed by atoms with van der Waals surface area (Å²) in [4.78, 5) is 21.3. The van der Waals surface area contributed by atoms with Gasteiger partial charge in [0.15, 0.2) is 0 Å². The standard InChI is InChI=1S/C26H14F6N2O5/c27-25(28,29)17-5-1-15(2-6-17)21-13-19(33(35)36)9-11-23(21)39-24-12-10-20(34(37)38)14-22(24)16-3-7-18(8-4-16)26(30,31)32/h1-14H. The Kier molecular flexibility index (Phi) is 7.01. The topological polar surface area (TPSA) is 95.5 Å². The summed E-state index contributed by atoms with van der Waals surface area (Å²) in [5.41, 5.74) is -2.31. The molecule has 0 saturated carbocycles. The van der Waals surface area contributed by atoms with E-state index in [2.05, 4.69) is 0 Å². The maximum atomic E-state index is 13.0. The molecule has 200 valence electrons. The van der Waals surface area contributed by atoms with Crippen molar-refractivity contribution >= 4 is 11.4 Å². The van der Waals surface area contributed by atoms with Gasteiger partial charge >= 0.3 is 12.4 Å². The Morgan fingerprint density at radius 2 is 0.872 bits per heavy atom. The van der Waals surface area contributed by atoms with Crippen molar-refractivity contribution in [3.63, 3.8) is 0 Å². The van der Waals surface area contributed by atoms with Crippen LogP contribution in [0.4, 0.5) is 37.7 Å². The third-order valence-corrected chi connectivity index (χ3v) is 5.61. The fourth-order valence-corrected chi connectivity index (χ4v) is 3.69. The first-order valence-corrected chi connectivity index (χ1v) is 10.8. The molecular formula is C26H14F6N2O5. The van der Waals surface area contributed by atoms with Gasteiger partial charge in [0, 0.05) is 35.4 Å².